The highest BCUT2D eigenvalue weighted by molar-refractivity contribution is 6.34. The molecular formula is C15H12Cl2N2O2. The summed E-state index contributed by atoms with van der Waals surface area (Å²) >= 11 is 11.7. The van der Waals surface area contributed by atoms with Crippen LogP contribution in [0.15, 0.2) is 53.6 Å². The van der Waals surface area contributed by atoms with Gasteiger partial charge in [0.15, 0.2) is 6.61 Å². The molecule has 0 saturated heterocycles. The fourth-order valence-corrected chi connectivity index (χ4v) is 1.82. The molecule has 0 heterocycles. The molecule has 2 aromatic carbocycles. The number of nitrogens with one attached hydrogen (secondary N) is 1. The van der Waals surface area contributed by atoms with Crippen molar-refractivity contribution < 1.29 is 9.53 Å². The molecule has 1 amide bonds. The van der Waals surface area contributed by atoms with Crippen molar-refractivity contribution in [3.63, 3.8) is 0 Å². The summed E-state index contributed by atoms with van der Waals surface area (Å²) < 4.78 is 5.28. The lowest BCUT2D eigenvalue weighted by atomic mass is 10.2. The van der Waals surface area contributed by atoms with E-state index in [4.69, 9.17) is 27.9 Å². The molecule has 0 fully saturated rings. The van der Waals surface area contributed by atoms with Crippen LogP contribution in [-0.4, -0.2) is 18.7 Å². The Kier molecular flexibility index (Phi) is 5.60. The molecule has 0 aromatic heterocycles. The van der Waals surface area contributed by atoms with Crippen LogP contribution in [0.1, 0.15) is 5.56 Å². The molecule has 0 aliphatic heterocycles. The quantitative estimate of drug-likeness (QED) is 0.676. The van der Waals surface area contributed by atoms with Gasteiger partial charge in [-0.25, -0.2) is 5.43 Å². The highest BCUT2D eigenvalue weighted by Crippen LogP contribution is 2.27. The summed E-state index contributed by atoms with van der Waals surface area (Å²) in [5, 5.41) is 4.70. The SMILES string of the molecule is O=C(COc1cc(Cl)ccc1Cl)NN=Cc1ccccc1. The Morgan fingerprint density at radius 1 is 1.19 bits per heavy atom. The number of hydrazone groups is 1. The monoisotopic (exact) mass is 322 g/mol. The number of ether oxygens (including phenoxy) is 1. The van der Waals surface area contributed by atoms with Crippen molar-refractivity contribution in [3.05, 3.63) is 64.1 Å². The van der Waals surface area contributed by atoms with Gasteiger partial charge in [-0.15, -0.1) is 0 Å². The zero-order chi connectivity index (χ0) is 15.1. The number of rotatable bonds is 5. The van der Waals surface area contributed by atoms with E-state index in [9.17, 15) is 4.79 Å². The molecule has 2 rings (SSSR count). The lowest BCUT2D eigenvalue weighted by Crippen LogP contribution is -2.24. The van der Waals surface area contributed by atoms with E-state index >= 15 is 0 Å². The third-order valence-electron chi connectivity index (χ3n) is 2.45. The molecule has 4 nitrogen and oxygen atoms in total. The topological polar surface area (TPSA) is 50.7 Å². The molecule has 0 aliphatic rings. The maximum Gasteiger partial charge on any atom is 0.277 e. The second kappa shape index (κ2) is 7.67. The lowest BCUT2D eigenvalue weighted by molar-refractivity contribution is -0.123. The van der Waals surface area contributed by atoms with Crippen molar-refractivity contribution in [2.24, 2.45) is 5.10 Å². The molecule has 0 bridgehead atoms. The van der Waals surface area contributed by atoms with Gasteiger partial charge in [0, 0.05) is 11.1 Å². The Bertz CT molecular complexity index is 645. The molecule has 0 atom stereocenters. The number of nitrogens with zero attached hydrogens (tertiary/aromatic N) is 1. The Morgan fingerprint density at radius 2 is 1.95 bits per heavy atom. The first-order chi connectivity index (χ1) is 10.1. The van der Waals surface area contributed by atoms with E-state index in [1.807, 2.05) is 30.3 Å². The minimum absolute atomic E-state index is 0.202. The smallest absolute Gasteiger partial charge is 0.277 e. The van der Waals surface area contributed by atoms with E-state index in [0.29, 0.717) is 15.8 Å². The van der Waals surface area contributed by atoms with E-state index in [1.54, 1.807) is 24.4 Å². The van der Waals surface area contributed by atoms with Gasteiger partial charge in [-0.05, 0) is 17.7 Å². The molecule has 0 aliphatic carbocycles. The second-order valence-corrected chi connectivity index (χ2v) is 4.91. The predicted octanol–water partition coefficient (Wildman–Crippen LogP) is 3.52. The van der Waals surface area contributed by atoms with Gasteiger partial charge < -0.3 is 4.74 Å². The second-order valence-electron chi connectivity index (χ2n) is 4.07. The van der Waals surface area contributed by atoms with E-state index in [2.05, 4.69) is 10.5 Å². The molecular weight excluding hydrogens is 311 g/mol. The Balaban J connectivity index is 1.82. The van der Waals surface area contributed by atoms with Gasteiger partial charge in [0.1, 0.15) is 5.75 Å². The number of hydrogen-bond acceptors (Lipinski definition) is 3. The van der Waals surface area contributed by atoms with Crippen molar-refractivity contribution in [1.82, 2.24) is 5.43 Å². The van der Waals surface area contributed by atoms with Crippen LogP contribution in [0.4, 0.5) is 0 Å². The lowest BCUT2D eigenvalue weighted by Gasteiger charge is -2.07. The molecule has 108 valence electrons. The van der Waals surface area contributed by atoms with Crippen molar-refractivity contribution in [2.75, 3.05) is 6.61 Å². The molecule has 21 heavy (non-hydrogen) atoms. The summed E-state index contributed by atoms with van der Waals surface area (Å²) in [7, 11) is 0. The van der Waals surface area contributed by atoms with Gasteiger partial charge in [-0.3, -0.25) is 4.79 Å². The Hall–Kier alpha value is -2.04. The number of benzene rings is 2. The standard InChI is InChI=1S/C15H12Cl2N2O2/c16-12-6-7-13(17)14(8-12)21-10-15(20)19-18-9-11-4-2-1-3-5-11/h1-9H,10H2,(H,19,20). The zero-order valence-electron chi connectivity index (χ0n) is 10.9. The van der Waals surface area contributed by atoms with Gasteiger partial charge >= 0.3 is 0 Å². The van der Waals surface area contributed by atoms with Gasteiger partial charge in [0.05, 0.1) is 11.2 Å². The summed E-state index contributed by atoms with van der Waals surface area (Å²) in [6.45, 7) is -0.202. The highest BCUT2D eigenvalue weighted by atomic mass is 35.5. The fourth-order valence-electron chi connectivity index (χ4n) is 1.48. The summed E-state index contributed by atoms with van der Waals surface area (Å²) in [5.74, 6) is -0.0374. The summed E-state index contributed by atoms with van der Waals surface area (Å²) in [6, 6.07) is 14.2. The predicted molar refractivity (Wildman–Crippen MR) is 84.1 cm³/mol. The van der Waals surface area contributed by atoms with Crippen molar-refractivity contribution >= 4 is 35.3 Å². The largest absolute Gasteiger partial charge is 0.482 e. The Labute approximate surface area is 132 Å². The Morgan fingerprint density at radius 3 is 2.71 bits per heavy atom. The van der Waals surface area contributed by atoms with E-state index in [1.165, 1.54) is 0 Å². The molecule has 6 heteroatoms. The number of amides is 1. The van der Waals surface area contributed by atoms with Gasteiger partial charge in [0.2, 0.25) is 0 Å². The van der Waals surface area contributed by atoms with Gasteiger partial charge in [0.25, 0.3) is 5.91 Å². The van der Waals surface area contributed by atoms with Crippen LogP contribution in [0, 0.1) is 0 Å². The minimum atomic E-state index is -0.391. The number of carbonyl (C=O) groups excluding carboxylic acids is 1. The van der Waals surface area contributed by atoms with Crippen LogP contribution in [-0.2, 0) is 4.79 Å². The first-order valence-electron chi connectivity index (χ1n) is 6.10. The average Bonchev–Trinajstić information content (AvgIpc) is 2.49. The number of hydrogen-bond donors (Lipinski definition) is 1. The van der Waals surface area contributed by atoms with Crippen LogP contribution in [0.5, 0.6) is 5.75 Å². The molecule has 1 N–H and O–H groups in total. The van der Waals surface area contributed by atoms with Crippen molar-refractivity contribution in [2.45, 2.75) is 0 Å². The van der Waals surface area contributed by atoms with E-state index in [-0.39, 0.29) is 6.61 Å². The summed E-state index contributed by atoms with van der Waals surface area (Å²) in [4.78, 5) is 11.6. The summed E-state index contributed by atoms with van der Waals surface area (Å²) in [5.41, 5.74) is 3.25. The number of carbonyl (C=O) groups is 1. The highest BCUT2D eigenvalue weighted by Gasteiger charge is 2.05. The normalized spacial score (nSPS) is 10.6. The van der Waals surface area contributed by atoms with Crippen molar-refractivity contribution in [1.29, 1.82) is 0 Å². The van der Waals surface area contributed by atoms with Crippen LogP contribution in [0.3, 0.4) is 0 Å². The average molecular weight is 323 g/mol. The third-order valence-corrected chi connectivity index (χ3v) is 3.00. The zero-order valence-corrected chi connectivity index (χ0v) is 12.4. The molecule has 0 saturated carbocycles. The van der Waals surface area contributed by atoms with E-state index < -0.39 is 5.91 Å². The van der Waals surface area contributed by atoms with Gasteiger partial charge in [-0.2, -0.15) is 5.10 Å². The van der Waals surface area contributed by atoms with Crippen LogP contribution < -0.4 is 10.2 Å². The van der Waals surface area contributed by atoms with Crippen molar-refractivity contribution in [3.8, 4) is 5.75 Å². The molecule has 0 unspecified atom stereocenters. The summed E-state index contributed by atoms with van der Waals surface area (Å²) in [6.07, 6.45) is 1.55. The van der Waals surface area contributed by atoms with Crippen LogP contribution in [0.2, 0.25) is 10.0 Å². The molecule has 2 aromatic rings. The van der Waals surface area contributed by atoms with E-state index in [0.717, 1.165) is 5.56 Å². The van der Waals surface area contributed by atoms with Crippen LogP contribution in [0.25, 0.3) is 0 Å². The number of halogens is 2. The fraction of sp³-hybridized carbons (Fsp3) is 0.0667. The first-order valence-corrected chi connectivity index (χ1v) is 6.85. The maximum absolute atomic E-state index is 11.6. The van der Waals surface area contributed by atoms with Gasteiger partial charge in [-0.1, -0.05) is 53.5 Å². The minimum Gasteiger partial charge on any atom is -0.482 e. The molecule has 0 spiro atoms. The molecule has 0 radical (unpaired) electrons. The third kappa shape index (κ3) is 5.10. The maximum atomic E-state index is 11.6. The first kappa shape index (κ1) is 15.4. The van der Waals surface area contributed by atoms with Crippen LogP contribution >= 0.6 is 23.2 Å².